The van der Waals surface area contributed by atoms with Gasteiger partial charge in [-0.3, -0.25) is 0 Å². The molecule has 0 aliphatic carbocycles. The van der Waals surface area contributed by atoms with Crippen LogP contribution in [-0.4, -0.2) is 50.3 Å². The number of carbonyl (C=O) groups excluding carboxylic acids is 4. The Hall–Kier alpha value is -5.38. The number of benzene rings is 3. The number of esters is 4. The van der Waals surface area contributed by atoms with E-state index in [9.17, 15) is 19.2 Å². The van der Waals surface area contributed by atoms with E-state index in [4.69, 9.17) is 28.4 Å². The van der Waals surface area contributed by atoms with Crippen molar-refractivity contribution in [1.82, 2.24) is 0 Å². The summed E-state index contributed by atoms with van der Waals surface area (Å²) in [4.78, 5) is 47.6. The van der Waals surface area contributed by atoms with Crippen molar-refractivity contribution in [3.63, 3.8) is 0 Å². The van der Waals surface area contributed by atoms with Crippen molar-refractivity contribution in [2.75, 3.05) is 26.4 Å². The molecule has 0 N–H and O–H groups in total. The molecule has 0 atom stereocenters. The molecule has 10 nitrogen and oxygen atoms in total. The summed E-state index contributed by atoms with van der Waals surface area (Å²) in [6.07, 6.45) is 16.9. The molecule has 3 aromatic rings. The van der Waals surface area contributed by atoms with Crippen LogP contribution in [0.25, 0.3) is 0 Å². The molecular formula is C45H56O10. The third-order valence-electron chi connectivity index (χ3n) is 8.68. The molecule has 0 bridgehead atoms. The summed E-state index contributed by atoms with van der Waals surface area (Å²) in [6.45, 7) is 10.6. The Morgan fingerprint density at radius 3 is 1.24 bits per heavy atom. The number of carbonyl (C=O) groups is 4. The van der Waals surface area contributed by atoms with E-state index in [0.29, 0.717) is 66.1 Å². The molecule has 0 saturated heterocycles. The molecule has 0 saturated carbocycles. The van der Waals surface area contributed by atoms with Gasteiger partial charge in [-0.15, -0.1) is 0 Å². The lowest BCUT2D eigenvalue weighted by atomic mass is 10.1. The number of rotatable bonds is 28. The molecule has 0 radical (unpaired) electrons. The van der Waals surface area contributed by atoms with Crippen LogP contribution in [-0.2, 0) is 19.1 Å². The number of unbranched alkanes of at least 4 members (excludes halogenated alkanes) is 12. The second-order valence-electron chi connectivity index (χ2n) is 13.1. The second-order valence-corrected chi connectivity index (χ2v) is 13.1. The molecule has 0 heterocycles. The molecular weight excluding hydrogens is 700 g/mol. The third kappa shape index (κ3) is 18.5. The normalized spacial score (nSPS) is 10.6. The molecule has 0 aliphatic heterocycles. The highest BCUT2D eigenvalue weighted by Crippen LogP contribution is 2.26. The van der Waals surface area contributed by atoms with Gasteiger partial charge in [-0.25, -0.2) is 19.2 Å². The maximum atomic E-state index is 12.8. The monoisotopic (exact) mass is 756 g/mol. The molecule has 3 rings (SSSR count). The first-order valence-corrected chi connectivity index (χ1v) is 19.4. The van der Waals surface area contributed by atoms with Crippen LogP contribution in [0.1, 0.15) is 116 Å². The van der Waals surface area contributed by atoms with Crippen LogP contribution < -0.4 is 18.9 Å². The van der Waals surface area contributed by atoms with Gasteiger partial charge >= 0.3 is 23.9 Å². The maximum absolute atomic E-state index is 12.8. The lowest BCUT2D eigenvalue weighted by Crippen LogP contribution is -2.10. The Kier molecular flexibility index (Phi) is 21.1. The average molecular weight is 757 g/mol. The van der Waals surface area contributed by atoms with Crippen molar-refractivity contribution < 1.29 is 47.6 Å². The Morgan fingerprint density at radius 1 is 0.473 bits per heavy atom. The van der Waals surface area contributed by atoms with E-state index in [1.165, 1.54) is 12.2 Å². The molecule has 0 aliphatic rings. The predicted molar refractivity (Wildman–Crippen MR) is 212 cm³/mol. The Morgan fingerprint density at radius 2 is 0.836 bits per heavy atom. The highest BCUT2D eigenvalue weighted by molar-refractivity contribution is 5.92. The summed E-state index contributed by atoms with van der Waals surface area (Å²) in [6, 6.07) is 18.6. The van der Waals surface area contributed by atoms with Crippen LogP contribution in [0.4, 0.5) is 0 Å². The van der Waals surface area contributed by atoms with Gasteiger partial charge in [-0.05, 0) is 105 Å². The van der Waals surface area contributed by atoms with Crippen LogP contribution in [0.3, 0.4) is 0 Å². The Labute approximate surface area is 325 Å². The minimum atomic E-state index is -0.505. The quantitative estimate of drug-likeness (QED) is 0.0306. The lowest BCUT2D eigenvalue weighted by Gasteiger charge is -2.11. The lowest BCUT2D eigenvalue weighted by molar-refractivity contribution is -0.138. The number of hydrogen-bond acceptors (Lipinski definition) is 10. The summed E-state index contributed by atoms with van der Waals surface area (Å²) in [5.41, 5.74) is 1.42. The van der Waals surface area contributed by atoms with Crippen LogP contribution in [0.5, 0.6) is 23.0 Å². The summed E-state index contributed by atoms with van der Waals surface area (Å²) < 4.78 is 32.8. The van der Waals surface area contributed by atoms with E-state index in [2.05, 4.69) is 13.2 Å². The van der Waals surface area contributed by atoms with Crippen LogP contribution in [0, 0.1) is 6.92 Å². The smallest absolute Gasteiger partial charge is 0.343 e. The van der Waals surface area contributed by atoms with Crippen molar-refractivity contribution in [3.8, 4) is 23.0 Å². The average Bonchev–Trinajstić information content (AvgIpc) is 3.20. The molecule has 0 fully saturated rings. The topological polar surface area (TPSA) is 124 Å². The van der Waals surface area contributed by atoms with Crippen molar-refractivity contribution >= 4 is 23.9 Å². The van der Waals surface area contributed by atoms with Crippen molar-refractivity contribution in [3.05, 3.63) is 109 Å². The highest BCUT2D eigenvalue weighted by atomic mass is 16.5. The van der Waals surface area contributed by atoms with Gasteiger partial charge in [0.1, 0.15) is 23.0 Å². The fourth-order valence-electron chi connectivity index (χ4n) is 5.52. The minimum Gasteiger partial charge on any atom is -0.494 e. The zero-order valence-corrected chi connectivity index (χ0v) is 32.2. The third-order valence-corrected chi connectivity index (χ3v) is 8.68. The Bertz CT molecular complexity index is 1630. The summed E-state index contributed by atoms with van der Waals surface area (Å²) >= 11 is 0. The standard InChI is InChI=1S/C45H56O10/c1-4-42(46)52-32-18-14-10-6-8-12-16-30-50-38-24-20-36(21-25-38)44(48)54-40-28-29-41(35(3)34-40)55-45(49)37-22-26-39(27-23-37)51-31-17-13-9-7-11-15-19-33-53-43(47)5-2/h4-5,20-29,34H,1-2,6-19,30-33H2,3H3. The predicted octanol–water partition coefficient (Wildman–Crippen LogP) is 10.1. The first-order valence-electron chi connectivity index (χ1n) is 19.4. The zero-order chi connectivity index (χ0) is 39.5. The van der Waals surface area contributed by atoms with Gasteiger partial charge in [-0.2, -0.15) is 0 Å². The fraction of sp³-hybridized carbons (Fsp3) is 0.422. The van der Waals surface area contributed by atoms with Crippen molar-refractivity contribution in [1.29, 1.82) is 0 Å². The Balaban J connectivity index is 1.28. The van der Waals surface area contributed by atoms with E-state index in [1.807, 2.05) is 0 Å². The molecule has 296 valence electrons. The first kappa shape index (κ1) is 44.0. The van der Waals surface area contributed by atoms with Gasteiger partial charge in [0, 0.05) is 12.2 Å². The van der Waals surface area contributed by atoms with Gasteiger partial charge in [0.25, 0.3) is 0 Å². The summed E-state index contributed by atoms with van der Waals surface area (Å²) in [5, 5.41) is 0. The molecule has 0 spiro atoms. The van der Waals surface area contributed by atoms with E-state index in [1.54, 1.807) is 73.7 Å². The first-order chi connectivity index (χ1) is 26.8. The van der Waals surface area contributed by atoms with Crippen LogP contribution in [0.15, 0.2) is 92.0 Å². The van der Waals surface area contributed by atoms with Gasteiger partial charge in [-0.1, -0.05) is 77.4 Å². The van der Waals surface area contributed by atoms with Gasteiger partial charge in [0.15, 0.2) is 0 Å². The molecule has 0 unspecified atom stereocenters. The largest absolute Gasteiger partial charge is 0.494 e. The van der Waals surface area contributed by atoms with E-state index >= 15 is 0 Å². The molecule has 3 aromatic carbocycles. The zero-order valence-electron chi connectivity index (χ0n) is 32.2. The molecule has 55 heavy (non-hydrogen) atoms. The number of hydrogen-bond donors (Lipinski definition) is 0. The summed E-state index contributed by atoms with van der Waals surface area (Å²) in [7, 11) is 0. The molecule has 10 heteroatoms. The SMILES string of the molecule is C=CC(=O)OCCCCCCCCCOc1ccc(C(=O)Oc2ccc(OC(=O)c3ccc(OCCCCCCCCCOC(=O)C=C)cc3)c(C)c2)cc1. The van der Waals surface area contributed by atoms with Crippen molar-refractivity contribution in [2.24, 2.45) is 0 Å². The van der Waals surface area contributed by atoms with E-state index in [0.717, 1.165) is 89.9 Å². The second kappa shape index (κ2) is 26.4. The van der Waals surface area contributed by atoms with Crippen LogP contribution >= 0.6 is 0 Å². The number of aryl methyl sites for hydroxylation is 1. The van der Waals surface area contributed by atoms with E-state index < -0.39 is 11.9 Å². The maximum Gasteiger partial charge on any atom is 0.343 e. The van der Waals surface area contributed by atoms with Crippen molar-refractivity contribution in [2.45, 2.75) is 96.8 Å². The van der Waals surface area contributed by atoms with E-state index in [-0.39, 0.29) is 11.9 Å². The summed E-state index contributed by atoms with van der Waals surface area (Å²) in [5.74, 6) is 0.333. The van der Waals surface area contributed by atoms with Crippen LogP contribution in [0.2, 0.25) is 0 Å². The number of ether oxygens (including phenoxy) is 6. The van der Waals surface area contributed by atoms with Gasteiger partial charge in [0.2, 0.25) is 0 Å². The van der Waals surface area contributed by atoms with Gasteiger partial charge < -0.3 is 28.4 Å². The molecule has 0 amide bonds. The fourth-order valence-corrected chi connectivity index (χ4v) is 5.52. The van der Waals surface area contributed by atoms with Gasteiger partial charge in [0.05, 0.1) is 37.6 Å². The minimum absolute atomic E-state index is 0.337. The highest BCUT2D eigenvalue weighted by Gasteiger charge is 2.14. The molecule has 0 aromatic heterocycles.